The Balaban J connectivity index is 1.93. The fraction of sp³-hybridized carbons (Fsp3) is 0.200. The number of aromatic nitrogens is 3. The number of nitrogens with one attached hydrogen (secondary N) is 1. The summed E-state index contributed by atoms with van der Waals surface area (Å²) in [5, 5.41) is 9.46. The van der Waals surface area contributed by atoms with Gasteiger partial charge in [-0.15, -0.1) is 0 Å². The van der Waals surface area contributed by atoms with E-state index in [1.165, 1.54) is 0 Å². The minimum atomic E-state index is 0.408. The van der Waals surface area contributed by atoms with E-state index in [1.807, 2.05) is 43.4 Å². The molecule has 0 unspecified atom stereocenters. The minimum absolute atomic E-state index is 0.408. The van der Waals surface area contributed by atoms with E-state index >= 15 is 0 Å². The Labute approximate surface area is 161 Å². The Kier molecular flexibility index (Phi) is 4.31. The molecule has 4 aromatic rings. The number of aryl methyl sites for hydroxylation is 1. The Hall–Kier alpha value is -3.68. The van der Waals surface area contributed by atoms with Crippen molar-refractivity contribution in [3.63, 3.8) is 0 Å². The molecule has 0 spiro atoms. The van der Waals surface area contributed by atoms with Crippen LogP contribution in [0.15, 0.2) is 36.4 Å². The van der Waals surface area contributed by atoms with Gasteiger partial charge in [0.25, 0.3) is 0 Å². The van der Waals surface area contributed by atoms with Gasteiger partial charge in [0.15, 0.2) is 17.3 Å². The van der Waals surface area contributed by atoms with Crippen molar-refractivity contribution in [1.82, 2.24) is 14.8 Å². The van der Waals surface area contributed by atoms with E-state index in [1.54, 1.807) is 26.0 Å². The number of ether oxygens (including phenoxy) is 3. The maximum atomic E-state index is 6.20. The highest BCUT2D eigenvalue weighted by molar-refractivity contribution is 6.12. The van der Waals surface area contributed by atoms with Gasteiger partial charge in [-0.25, -0.2) is 4.98 Å². The smallest absolute Gasteiger partial charge is 0.203 e. The highest BCUT2D eigenvalue weighted by atomic mass is 16.5. The number of benzene rings is 2. The molecule has 0 aliphatic heterocycles. The first-order valence-electron chi connectivity index (χ1n) is 8.65. The van der Waals surface area contributed by atoms with Crippen molar-refractivity contribution in [3.05, 3.63) is 36.4 Å². The van der Waals surface area contributed by atoms with Crippen LogP contribution in [0, 0.1) is 0 Å². The lowest BCUT2D eigenvalue weighted by molar-refractivity contribution is 0.324. The van der Waals surface area contributed by atoms with Gasteiger partial charge in [0.2, 0.25) is 5.75 Å². The number of rotatable bonds is 5. The van der Waals surface area contributed by atoms with Gasteiger partial charge in [0.05, 0.1) is 37.7 Å². The molecule has 144 valence electrons. The average molecular weight is 379 g/mol. The quantitative estimate of drug-likeness (QED) is 0.548. The largest absolute Gasteiger partial charge is 0.493 e. The molecular weight excluding hydrogens is 358 g/mol. The highest BCUT2D eigenvalue weighted by Crippen LogP contribution is 2.41. The van der Waals surface area contributed by atoms with Crippen molar-refractivity contribution >= 4 is 39.1 Å². The van der Waals surface area contributed by atoms with Gasteiger partial charge < -0.3 is 25.3 Å². The molecule has 0 saturated heterocycles. The molecule has 8 nitrogen and oxygen atoms in total. The van der Waals surface area contributed by atoms with Crippen molar-refractivity contribution in [2.75, 3.05) is 32.4 Å². The highest BCUT2D eigenvalue weighted by Gasteiger charge is 2.18. The molecule has 8 heteroatoms. The summed E-state index contributed by atoms with van der Waals surface area (Å²) in [6, 6.07) is 11.5. The van der Waals surface area contributed by atoms with E-state index in [0.29, 0.717) is 28.9 Å². The van der Waals surface area contributed by atoms with Gasteiger partial charge in [-0.3, -0.25) is 4.68 Å². The van der Waals surface area contributed by atoms with Crippen LogP contribution in [-0.2, 0) is 7.05 Å². The lowest BCUT2D eigenvalue weighted by Gasteiger charge is -2.15. The summed E-state index contributed by atoms with van der Waals surface area (Å²) in [6.45, 7) is 0. The number of methoxy groups -OCH3 is 3. The van der Waals surface area contributed by atoms with E-state index in [9.17, 15) is 0 Å². The van der Waals surface area contributed by atoms with Crippen molar-refractivity contribution in [3.8, 4) is 17.2 Å². The predicted octanol–water partition coefficient (Wildman–Crippen LogP) is 3.47. The number of fused-ring (bicyclic) bond motifs is 3. The normalized spacial score (nSPS) is 11.0. The van der Waals surface area contributed by atoms with Crippen LogP contribution in [0.25, 0.3) is 21.8 Å². The lowest BCUT2D eigenvalue weighted by atomic mass is 10.1. The Bertz CT molecular complexity index is 1160. The van der Waals surface area contributed by atoms with Gasteiger partial charge in [0.1, 0.15) is 5.82 Å². The van der Waals surface area contributed by atoms with Gasteiger partial charge in [0, 0.05) is 30.3 Å². The first-order valence-corrected chi connectivity index (χ1v) is 8.65. The second-order valence-corrected chi connectivity index (χ2v) is 6.25. The molecular formula is C20H21N5O3. The molecule has 2 heterocycles. The predicted molar refractivity (Wildman–Crippen MR) is 110 cm³/mol. The van der Waals surface area contributed by atoms with Gasteiger partial charge in [-0.2, -0.15) is 5.10 Å². The fourth-order valence-electron chi connectivity index (χ4n) is 3.42. The van der Waals surface area contributed by atoms with Crippen molar-refractivity contribution in [2.24, 2.45) is 7.05 Å². The number of hydrogen-bond acceptors (Lipinski definition) is 7. The van der Waals surface area contributed by atoms with E-state index < -0.39 is 0 Å². The van der Waals surface area contributed by atoms with Crippen LogP contribution in [0.2, 0.25) is 0 Å². The molecule has 28 heavy (non-hydrogen) atoms. The molecule has 0 bridgehead atoms. The molecule has 3 N–H and O–H groups in total. The first kappa shape index (κ1) is 17.7. The van der Waals surface area contributed by atoms with E-state index in [4.69, 9.17) is 24.9 Å². The maximum absolute atomic E-state index is 6.20. The molecule has 0 aliphatic carbocycles. The SMILES string of the molecule is COc1cc(Nc2nc3ccccc3c3c2c(N)nn3C)cc(OC)c1OC. The maximum Gasteiger partial charge on any atom is 0.203 e. The summed E-state index contributed by atoms with van der Waals surface area (Å²) < 4.78 is 18.0. The van der Waals surface area contributed by atoms with Crippen LogP contribution in [0.3, 0.4) is 0 Å². The summed E-state index contributed by atoms with van der Waals surface area (Å²) >= 11 is 0. The molecule has 4 rings (SSSR count). The first-order chi connectivity index (χ1) is 13.6. The third-order valence-corrected chi connectivity index (χ3v) is 4.63. The number of para-hydroxylation sites is 1. The Morgan fingerprint density at radius 2 is 1.68 bits per heavy atom. The monoisotopic (exact) mass is 379 g/mol. The van der Waals surface area contributed by atoms with Crippen LogP contribution in [0.5, 0.6) is 17.2 Å². The van der Waals surface area contributed by atoms with E-state index in [2.05, 4.69) is 10.4 Å². The second-order valence-electron chi connectivity index (χ2n) is 6.25. The third kappa shape index (κ3) is 2.70. The molecule has 0 aliphatic rings. The molecule has 0 radical (unpaired) electrons. The fourth-order valence-corrected chi connectivity index (χ4v) is 3.42. The van der Waals surface area contributed by atoms with Gasteiger partial charge in [-0.05, 0) is 6.07 Å². The second kappa shape index (κ2) is 6.80. The summed E-state index contributed by atoms with van der Waals surface area (Å²) in [7, 11) is 6.59. The molecule has 2 aromatic heterocycles. The van der Waals surface area contributed by atoms with Crippen LogP contribution < -0.4 is 25.3 Å². The zero-order valence-corrected chi connectivity index (χ0v) is 16.1. The molecule has 0 atom stereocenters. The number of nitrogens with zero attached hydrogens (tertiary/aromatic N) is 3. The van der Waals surface area contributed by atoms with Crippen LogP contribution in [0.1, 0.15) is 0 Å². The van der Waals surface area contributed by atoms with Crippen LogP contribution >= 0.6 is 0 Å². The average Bonchev–Trinajstić information content (AvgIpc) is 3.02. The van der Waals surface area contributed by atoms with Gasteiger partial charge >= 0.3 is 0 Å². The number of hydrogen-bond donors (Lipinski definition) is 2. The number of pyridine rings is 1. The minimum Gasteiger partial charge on any atom is -0.493 e. The lowest BCUT2D eigenvalue weighted by Crippen LogP contribution is -2.00. The Morgan fingerprint density at radius 3 is 2.32 bits per heavy atom. The molecule has 0 fully saturated rings. The summed E-state index contributed by atoms with van der Waals surface area (Å²) in [4.78, 5) is 4.77. The molecule has 2 aromatic carbocycles. The van der Waals surface area contributed by atoms with E-state index in [-0.39, 0.29) is 0 Å². The standard InChI is InChI=1S/C20H21N5O3/c1-25-17-12-7-5-6-8-13(12)23-20(16(17)19(21)24-25)22-11-9-14(26-2)18(28-4)15(10-11)27-3/h5-10H,1-4H3,(H2,21,24)(H,22,23). The number of nitrogens with two attached hydrogens (primary N) is 1. The van der Waals surface area contributed by atoms with Crippen molar-refractivity contribution < 1.29 is 14.2 Å². The molecule has 0 amide bonds. The number of anilines is 3. The van der Waals surface area contributed by atoms with Crippen LogP contribution in [-0.4, -0.2) is 36.1 Å². The van der Waals surface area contributed by atoms with Gasteiger partial charge in [-0.1, -0.05) is 18.2 Å². The zero-order valence-electron chi connectivity index (χ0n) is 16.1. The van der Waals surface area contributed by atoms with E-state index in [0.717, 1.165) is 27.5 Å². The zero-order chi connectivity index (χ0) is 19.8. The Morgan fingerprint density at radius 1 is 1.00 bits per heavy atom. The van der Waals surface area contributed by atoms with Crippen LogP contribution in [0.4, 0.5) is 17.3 Å². The summed E-state index contributed by atoms with van der Waals surface area (Å²) in [5.74, 6) is 2.62. The number of nitrogen functional groups attached to an aromatic ring is 1. The summed E-state index contributed by atoms with van der Waals surface area (Å²) in [5.41, 5.74) is 8.68. The topological polar surface area (TPSA) is 96.5 Å². The van der Waals surface area contributed by atoms with Crippen molar-refractivity contribution in [2.45, 2.75) is 0 Å². The summed E-state index contributed by atoms with van der Waals surface area (Å²) in [6.07, 6.45) is 0. The van der Waals surface area contributed by atoms with Crippen molar-refractivity contribution in [1.29, 1.82) is 0 Å². The molecule has 0 saturated carbocycles. The third-order valence-electron chi connectivity index (χ3n) is 4.63.